The van der Waals surface area contributed by atoms with Gasteiger partial charge in [0.25, 0.3) is 0 Å². The van der Waals surface area contributed by atoms with Crippen LogP contribution in [0.2, 0.25) is 0 Å². The molecule has 1 aliphatic carbocycles. The molecule has 4 aromatic rings. The lowest BCUT2D eigenvalue weighted by molar-refractivity contribution is 0.0608. The van der Waals surface area contributed by atoms with Crippen molar-refractivity contribution in [1.82, 2.24) is 5.01 Å². The van der Waals surface area contributed by atoms with E-state index in [1.54, 1.807) is 0 Å². The number of hydrazone groups is 1. The Morgan fingerprint density at radius 3 is 2.00 bits per heavy atom. The van der Waals surface area contributed by atoms with Gasteiger partial charge in [0, 0.05) is 17.1 Å². The van der Waals surface area contributed by atoms with Crippen LogP contribution in [0.5, 0.6) is 5.75 Å². The molecule has 0 bridgehead atoms. The fourth-order valence-electron chi connectivity index (χ4n) is 4.92. The monoisotopic (exact) mass is 557 g/mol. The number of para-hydroxylation sites is 2. The minimum Gasteiger partial charge on any atom is -0.491 e. The Bertz CT molecular complexity index is 1420. The minimum absolute atomic E-state index is 0.0668. The van der Waals surface area contributed by atoms with Crippen molar-refractivity contribution in [2.75, 3.05) is 18.1 Å². The first-order chi connectivity index (χ1) is 20.6. The molecule has 0 heterocycles. The zero-order valence-electron chi connectivity index (χ0n) is 24.3. The summed E-state index contributed by atoms with van der Waals surface area (Å²) in [7, 11) is 0. The number of allylic oxidation sites excluding steroid dienone is 2. The maximum atomic E-state index is 10.9. The molecule has 2 atom stereocenters. The molecule has 0 amide bonds. The summed E-state index contributed by atoms with van der Waals surface area (Å²) < 4.78 is 5.90. The van der Waals surface area contributed by atoms with Gasteiger partial charge in [-0.3, -0.25) is 5.01 Å². The van der Waals surface area contributed by atoms with Gasteiger partial charge >= 0.3 is 0 Å². The van der Waals surface area contributed by atoms with E-state index in [1.165, 1.54) is 5.56 Å². The number of hydrogen-bond donors (Lipinski definition) is 1. The normalized spacial score (nSPS) is 15.2. The third-order valence-corrected chi connectivity index (χ3v) is 7.26. The molecule has 0 radical (unpaired) electrons. The summed E-state index contributed by atoms with van der Waals surface area (Å²) in [5, 5.41) is 17.7. The molecule has 0 fully saturated rings. The van der Waals surface area contributed by atoms with Gasteiger partial charge in [-0.25, -0.2) is 0 Å². The number of ether oxygens (including phenoxy) is 1. The second-order valence-electron chi connectivity index (χ2n) is 10.8. The van der Waals surface area contributed by atoms with E-state index >= 15 is 0 Å². The van der Waals surface area contributed by atoms with Crippen molar-refractivity contribution >= 4 is 23.3 Å². The highest BCUT2D eigenvalue weighted by Crippen LogP contribution is 2.34. The van der Waals surface area contributed by atoms with Gasteiger partial charge < -0.3 is 14.7 Å². The average molecular weight is 558 g/mol. The van der Waals surface area contributed by atoms with Crippen LogP contribution < -0.4 is 9.64 Å². The highest BCUT2D eigenvalue weighted by Gasteiger charge is 2.19. The van der Waals surface area contributed by atoms with Gasteiger partial charge in [0.15, 0.2) is 0 Å². The number of anilines is 3. The van der Waals surface area contributed by atoms with Gasteiger partial charge in [-0.1, -0.05) is 98.8 Å². The maximum Gasteiger partial charge on any atom is 0.119 e. The Balaban J connectivity index is 1.28. The molecule has 0 saturated carbocycles. The van der Waals surface area contributed by atoms with Crippen LogP contribution in [0, 0.1) is 0 Å². The zero-order chi connectivity index (χ0) is 29.1. The van der Waals surface area contributed by atoms with E-state index < -0.39 is 6.10 Å². The van der Waals surface area contributed by atoms with Gasteiger partial charge in [-0.2, -0.15) is 5.10 Å². The molecule has 0 aliphatic heterocycles. The van der Waals surface area contributed by atoms with Gasteiger partial charge in [0.2, 0.25) is 0 Å². The molecule has 214 valence electrons. The van der Waals surface area contributed by atoms with Crippen LogP contribution in [0.3, 0.4) is 0 Å². The Morgan fingerprint density at radius 1 is 0.810 bits per heavy atom. The highest BCUT2D eigenvalue weighted by molar-refractivity contribution is 5.82. The average Bonchev–Trinajstić information content (AvgIpc) is 3.04. The molecule has 1 aliphatic rings. The van der Waals surface area contributed by atoms with Crippen LogP contribution in [0.15, 0.2) is 139 Å². The molecule has 1 N–H and O–H groups in total. The van der Waals surface area contributed by atoms with Crippen molar-refractivity contribution in [2.24, 2.45) is 5.10 Å². The highest BCUT2D eigenvalue weighted by atomic mass is 16.5. The first-order valence-electron chi connectivity index (χ1n) is 14.6. The first kappa shape index (κ1) is 28.9. The van der Waals surface area contributed by atoms with Gasteiger partial charge in [0.05, 0.1) is 18.8 Å². The lowest BCUT2D eigenvalue weighted by Crippen LogP contribution is -2.38. The molecular formula is C37H39N3O2. The number of nitrogens with zero attached hydrogens (tertiary/aromatic N) is 3. The SMILES string of the molecule is CC(C)c1ccc(OCC(O)CN(N=Cc2ccc(N(c3ccccc3)c3ccccc3)cc2)C2C=CC=CC2)cc1. The summed E-state index contributed by atoms with van der Waals surface area (Å²) in [5.74, 6) is 1.23. The van der Waals surface area contributed by atoms with Crippen LogP contribution >= 0.6 is 0 Å². The van der Waals surface area contributed by atoms with Crippen LogP contribution in [0.4, 0.5) is 17.1 Å². The van der Waals surface area contributed by atoms with Gasteiger partial charge in [-0.05, 0) is 72.0 Å². The summed E-state index contributed by atoms with van der Waals surface area (Å²) in [6, 6.07) is 37.3. The third-order valence-electron chi connectivity index (χ3n) is 7.26. The summed E-state index contributed by atoms with van der Waals surface area (Å²) in [6.45, 7) is 4.89. The van der Waals surface area contributed by atoms with Crippen molar-refractivity contribution in [2.45, 2.75) is 38.3 Å². The van der Waals surface area contributed by atoms with E-state index in [4.69, 9.17) is 9.84 Å². The van der Waals surface area contributed by atoms with Crippen molar-refractivity contribution in [1.29, 1.82) is 0 Å². The predicted octanol–water partition coefficient (Wildman–Crippen LogP) is 8.24. The Morgan fingerprint density at radius 2 is 1.43 bits per heavy atom. The van der Waals surface area contributed by atoms with Crippen molar-refractivity contribution in [3.63, 3.8) is 0 Å². The minimum atomic E-state index is -0.695. The van der Waals surface area contributed by atoms with E-state index in [1.807, 2.05) is 47.6 Å². The van der Waals surface area contributed by atoms with Gasteiger partial charge in [-0.15, -0.1) is 0 Å². The molecule has 5 heteroatoms. The summed E-state index contributed by atoms with van der Waals surface area (Å²) >= 11 is 0. The van der Waals surface area contributed by atoms with E-state index in [0.717, 1.165) is 34.8 Å². The summed E-state index contributed by atoms with van der Waals surface area (Å²) in [5.41, 5.74) is 5.51. The molecule has 42 heavy (non-hydrogen) atoms. The molecular weight excluding hydrogens is 518 g/mol. The number of benzene rings is 4. The standard InChI is InChI=1S/C37H39N3O2/c1-29(2)31-20-24-37(25-21-31)42-28-36(41)27-39(32-12-6-3-7-13-32)38-26-30-18-22-35(23-19-30)40(33-14-8-4-9-15-33)34-16-10-5-11-17-34/h3-12,14-26,29,32,36,41H,13,27-28H2,1-2H3. The Hall–Kier alpha value is -4.61. The van der Waals surface area contributed by atoms with Gasteiger partial charge in [0.1, 0.15) is 18.5 Å². The molecule has 5 nitrogen and oxygen atoms in total. The molecule has 0 spiro atoms. The number of aliphatic hydroxyl groups is 1. The quantitative estimate of drug-likeness (QED) is 0.141. The second-order valence-corrected chi connectivity index (χ2v) is 10.8. The van der Waals surface area contributed by atoms with E-state index in [9.17, 15) is 5.11 Å². The summed E-state index contributed by atoms with van der Waals surface area (Å²) in [4.78, 5) is 2.24. The van der Waals surface area contributed by atoms with E-state index in [-0.39, 0.29) is 12.6 Å². The molecule has 0 saturated heterocycles. The zero-order valence-corrected chi connectivity index (χ0v) is 24.3. The second kappa shape index (κ2) is 14.3. The topological polar surface area (TPSA) is 48.3 Å². The van der Waals surface area contributed by atoms with Crippen LogP contribution in [-0.2, 0) is 0 Å². The molecule has 0 aromatic heterocycles. The fourth-order valence-corrected chi connectivity index (χ4v) is 4.92. The van der Waals surface area contributed by atoms with E-state index in [0.29, 0.717) is 12.5 Å². The van der Waals surface area contributed by atoms with Crippen molar-refractivity contribution in [3.05, 3.63) is 145 Å². The lowest BCUT2D eigenvalue weighted by Gasteiger charge is -2.29. The lowest BCUT2D eigenvalue weighted by atomic mass is 10.0. The van der Waals surface area contributed by atoms with Crippen molar-refractivity contribution < 1.29 is 9.84 Å². The van der Waals surface area contributed by atoms with Crippen LogP contribution in [0.25, 0.3) is 0 Å². The van der Waals surface area contributed by atoms with Crippen molar-refractivity contribution in [3.8, 4) is 5.75 Å². The number of hydrogen-bond acceptors (Lipinski definition) is 5. The third kappa shape index (κ3) is 7.77. The summed E-state index contributed by atoms with van der Waals surface area (Å²) in [6.07, 6.45) is 10.3. The number of rotatable bonds is 12. The molecule has 2 unspecified atom stereocenters. The van der Waals surface area contributed by atoms with E-state index in [2.05, 4.69) is 116 Å². The first-order valence-corrected chi connectivity index (χ1v) is 14.6. The number of aliphatic hydroxyl groups excluding tert-OH is 1. The molecule has 5 rings (SSSR count). The van der Waals surface area contributed by atoms with Crippen LogP contribution in [0.1, 0.15) is 37.3 Å². The Labute approximate surface area is 249 Å². The predicted molar refractivity (Wildman–Crippen MR) is 174 cm³/mol. The maximum absolute atomic E-state index is 10.9. The molecule has 4 aromatic carbocycles. The Kier molecular flexibility index (Phi) is 9.86. The fraction of sp³-hybridized carbons (Fsp3) is 0.216. The smallest absolute Gasteiger partial charge is 0.119 e. The van der Waals surface area contributed by atoms with Crippen LogP contribution in [-0.4, -0.2) is 41.6 Å². The largest absolute Gasteiger partial charge is 0.491 e.